The fourth-order valence-electron chi connectivity index (χ4n) is 0.603. The Balaban J connectivity index is 3.02. The lowest BCUT2D eigenvalue weighted by Gasteiger charge is -1.92. The molecule has 0 spiro atoms. The molecule has 1 aliphatic rings. The zero-order chi connectivity index (χ0) is 8.43. The van der Waals surface area contributed by atoms with E-state index in [0.29, 0.717) is 0 Å². The molecule has 0 bridgehead atoms. The maximum atomic E-state index is 10.4. The van der Waals surface area contributed by atoms with Gasteiger partial charge in [-0.15, -0.1) is 0 Å². The van der Waals surface area contributed by atoms with E-state index < -0.39 is 17.6 Å². The van der Waals surface area contributed by atoms with Gasteiger partial charge in [-0.25, -0.2) is 15.1 Å². The van der Waals surface area contributed by atoms with Crippen molar-refractivity contribution in [2.24, 2.45) is 10.7 Å². The summed E-state index contributed by atoms with van der Waals surface area (Å²) in [6.45, 7) is 0. The van der Waals surface area contributed by atoms with Crippen LogP contribution in [0.15, 0.2) is 16.4 Å². The van der Waals surface area contributed by atoms with Crippen LogP contribution in [0.4, 0.5) is 0 Å². The van der Waals surface area contributed by atoms with Crippen molar-refractivity contribution in [1.82, 2.24) is 5.32 Å². The van der Waals surface area contributed by atoms with Gasteiger partial charge in [0.25, 0.3) is 5.91 Å². The number of hydrogen-bond acceptors (Lipinski definition) is 3. The normalized spacial score (nSPS) is 14.9. The Morgan fingerprint density at radius 1 is 1.45 bits per heavy atom. The maximum Gasteiger partial charge on any atom is 0.357 e. The predicted molar refractivity (Wildman–Crippen MR) is 34.5 cm³/mol. The van der Waals surface area contributed by atoms with E-state index >= 15 is 0 Å². The third-order valence-electron chi connectivity index (χ3n) is 1.03. The second kappa shape index (κ2) is 2.41. The van der Waals surface area contributed by atoms with Crippen LogP contribution in [0.1, 0.15) is 0 Å². The van der Waals surface area contributed by atoms with Crippen LogP contribution in [-0.2, 0) is 9.59 Å². The topological polar surface area (TPSA) is 107 Å². The first-order chi connectivity index (χ1) is 5.13. The molecule has 11 heavy (non-hydrogen) atoms. The molecule has 3 N–H and O–H groups in total. The molecule has 0 aromatic rings. The summed E-state index contributed by atoms with van der Waals surface area (Å²) < 4.78 is 0. The van der Waals surface area contributed by atoms with Gasteiger partial charge in [-0.3, -0.25) is 4.79 Å². The second-order valence-electron chi connectivity index (χ2n) is 1.74. The minimum Gasteiger partial charge on any atom is -0.476 e. The number of carbonyl (C=O) groups excluding carboxylic acids is 1. The van der Waals surface area contributed by atoms with Crippen LogP contribution in [0.3, 0.4) is 0 Å². The highest BCUT2D eigenvalue weighted by Gasteiger charge is 2.22. The SMILES string of the molecule is NC(=O)C1=C(C(=O)O)[N]C=N1. The van der Waals surface area contributed by atoms with Gasteiger partial charge in [-0.1, -0.05) is 0 Å². The molecule has 1 radical (unpaired) electrons. The fraction of sp³-hybridized carbons (Fsp3) is 0. The minimum atomic E-state index is -1.31. The zero-order valence-electron chi connectivity index (χ0n) is 5.31. The maximum absolute atomic E-state index is 10.4. The van der Waals surface area contributed by atoms with Gasteiger partial charge in [0.15, 0.2) is 11.4 Å². The van der Waals surface area contributed by atoms with Gasteiger partial charge in [0.1, 0.15) is 6.34 Å². The number of carboxylic acid groups (broad SMARTS) is 1. The smallest absolute Gasteiger partial charge is 0.357 e. The number of aliphatic imine (C=N–C) groups is 1. The van der Waals surface area contributed by atoms with Crippen molar-refractivity contribution in [3.8, 4) is 0 Å². The number of carboxylic acids is 1. The van der Waals surface area contributed by atoms with E-state index in [1.165, 1.54) is 0 Å². The third-order valence-corrected chi connectivity index (χ3v) is 1.03. The number of hydrogen-bond donors (Lipinski definition) is 2. The molecule has 6 nitrogen and oxygen atoms in total. The largest absolute Gasteiger partial charge is 0.476 e. The molecule has 0 atom stereocenters. The van der Waals surface area contributed by atoms with Crippen molar-refractivity contribution in [2.75, 3.05) is 0 Å². The summed E-state index contributed by atoms with van der Waals surface area (Å²) in [5.74, 6) is -2.20. The minimum absolute atomic E-state index is 0.308. The number of rotatable bonds is 2. The van der Waals surface area contributed by atoms with Gasteiger partial charge in [0.05, 0.1) is 0 Å². The zero-order valence-corrected chi connectivity index (χ0v) is 5.31. The van der Waals surface area contributed by atoms with Gasteiger partial charge in [-0.05, 0) is 0 Å². The summed E-state index contributed by atoms with van der Waals surface area (Å²) in [5.41, 5.74) is 4.08. The molecular formula is C5H4N3O3. The van der Waals surface area contributed by atoms with Crippen LogP contribution >= 0.6 is 0 Å². The fourth-order valence-corrected chi connectivity index (χ4v) is 0.603. The van der Waals surface area contributed by atoms with Gasteiger partial charge in [-0.2, -0.15) is 0 Å². The predicted octanol–water partition coefficient (Wildman–Crippen LogP) is -1.59. The molecule has 6 heteroatoms. The summed E-state index contributed by atoms with van der Waals surface area (Å²) >= 11 is 0. The standard InChI is InChI=1S/C5H4N3O3/c6-4(9)2-3(5(10)11)8-1-7-2/h1H,(H2,6,9)(H,10,11). The Labute approximate surface area is 61.4 Å². The lowest BCUT2D eigenvalue weighted by Crippen LogP contribution is -2.18. The number of amides is 1. The highest BCUT2D eigenvalue weighted by molar-refractivity contribution is 6.04. The Morgan fingerprint density at radius 2 is 2.09 bits per heavy atom. The van der Waals surface area contributed by atoms with Gasteiger partial charge < -0.3 is 10.8 Å². The van der Waals surface area contributed by atoms with Crippen molar-refractivity contribution >= 4 is 18.2 Å². The van der Waals surface area contributed by atoms with Crippen LogP contribution < -0.4 is 11.1 Å². The Bertz CT molecular complexity index is 279. The first-order valence-corrected chi connectivity index (χ1v) is 2.63. The van der Waals surface area contributed by atoms with E-state index in [1.54, 1.807) is 0 Å². The average molecular weight is 154 g/mol. The number of carbonyl (C=O) groups is 2. The van der Waals surface area contributed by atoms with Gasteiger partial charge in [0, 0.05) is 0 Å². The quantitative estimate of drug-likeness (QED) is 0.500. The van der Waals surface area contributed by atoms with E-state index in [9.17, 15) is 9.59 Å². The van der Waals surface area contributed by atoms with Crippen molar-refractivity contribution in [2.45, 2.75) is 0 Å². The van der Waals surface area contributed by atoms with Crippen LogP contribution in [0.25, 0.3) is 0 Å². The van der Waals surface area contributed by atoms with Crippen LogP contribution in [0.2, 0.25) is 0 Å². The van der Waals surface area contributed by atoms with Crippen LogP contribution in [-0.4, -0.2) is 23.3 Å². The van der Waals surface area contributed by atoms with E-state index in [-0.39, 0.29) is 5.70 Å². The van der Waals surface area contributed by atoms with Crippen LogP contribution in [0.5, 0.6) is 0 Å². The Morgan fingerprint density at radius 3 is 2.45 bits per heavy atom. The molecule has 1 amide bonds. The first kappa shape index (κ1) is 7.26. The molecule has 0 saturated heterocycles. The van der Waals surface area contributed by atoms with E-state index in [2.05, 4.69) is 10.3 Å². The molecule has 0 saturated carbocycles. The molecule has 0 fully saturated rings. The summed E-state index contributed by atoms with van der Waals surface area (Å²) in [5, 5.41) is 11.7. The first-order valence-electron chi connectivity index (χ1n) is 2.63. The highest BCUT2D eigenvalue weighted by atomic mass is 16.4. The average Bonchev–Trinajstić information content (AvgIpc) is 2.32. The van der Waals surface area contributed by atoms with Crippen LogP contribution in [0, 0.1) is 0 Å². The lowest BCUT2D eigenvalue weighted by molar-refractivity contribution is -0.133. The lowest BCUT2D eigenvalue weighted by atomic mass is 10.3. The second-order valence-corrected chi connectivity index (χ2v) is 1.74. The van der Waals surface area contributed by atoms with Crippen molar-refractivity contribution in [1.29, 1.82) is 0 Å². The Hall–Kier alpha value is -1.85. The molecule has 0 unspecified atom stereocenters. The van der Waals surface area contributed by atoms with E-state index in [1.807, 2.05) is 0 Å². The molecule has 0 aliphatic carbocycles. The monoisotopic (exact) mass is 154 g/mol. The summed E-state index contributed by atoms with van der Waals surface area (Å²) in [4.78, 5) is 24.1. The van der Waals surface area contributed by atoms with Gasteiger partial charge in [0.2, 0.25) is 0 Å². The molecule has 1 heterocycles. The Kier molecular flexibility index (Phi) is 1.59. The summed E-state index contributed by atoms with van der Waals surface area (Å²) in [6, 6.07) is 0. The molecule has 1 aliphatic heterocycles. The van der Waals surface area contributed by atoms with Crippen molar-refractivity contribution in [3.63, 3.8) is 0 Å². The van der Waals surface area contributed by atoms with E-state index in [0.717, 1.165) is 6.34 Å². The molecular weight excluding hydrogens is 150 g/mol. The number of nitrogens with zero attached hydrogens (tertiary/aromatic N) is 2. The number of nitrogens with two attached hydrogens (primary N) is 1. The number of aliphatic carboxylic acids is 1. The van der Waals surface area contributed by atoms with Gasteiger partial charge >= 0.3 is 5.97 Å². The van der Waals surface area contributed by atoms with Crippen molar-refractivity contribution < 1.29 is 14.7 Å². The third kappa shape index (κ3) is 1.18. The number of primary amides is 1. The summed E-state index contributed by atoms with van der Waals surface area (Å²) in [6.07, 6.45) is 0.976. The molecule has 57 valence electrons. The van der Waals surface area contributed by atoms with Crippen molar-refractivity contribution in [3.05, 3.63) is 11.4 Å². The van der Waals surface area contributed by atoms with E-state index in [4.69, 9.17) is 10.8 Å². The molecule has 1 rings (SSSR count). The highest BCUT2D eigenvalue weighted by Crippen LogP contribution is 2.08. The molecule has 0 aromatic heterocycles. The summed E-state index contributed by atoms with van der Waals surface area (Å²) in [7, 11) is 0. The molecule has 0 aromatic carbocycles.